The van der Waals surface area contributed by atoms with E-state index in [-0.39, 0.29) is 5.91 Å². The Kier molecular flexibility index (Phi) is 6.09. The number of amides is 1. The number of rotatable bonds is 6. The SMILES string of the molecule is Cc1cc(Cl)cc2sc(N(CC[NH+](C)C)C(=O)/C=C/c3cccs3)nc12. The summed E-state index contributed by atoms with van der Waals surface area (Å²) in [6.45, 7) is 3.45. The zero-order valence-electron chi connectivity index (χ0n) is 15.0. The van der Waals surface area contributed by atoms with Gasteiger partial charge < -0.3 is 4.90 Å². The summed E-state index contributed by atoms with van der Waals surface area (Å²) in [5.74, 6) is -0.0533. The first-order valence-electron chi connectivity index (χ1n) is 8.33. The molecule has 0 bridgehead atoms. The predicted molar refractivity (Wildman–Crippen MR) is 113 cm³/mol. The second-order valence-electron chi connectivity index (χ2n) is 6.36. The molecule has 136 valence electrons. The highest BCUT2D eigenvalue weighted by molar-refractivity contribution is 7.22. The van der Waals surface area contributed by atoms with Crippen LogP contribution in [0.4, 0.5) is 5.13 Å². The van der Waals surface area contributed by atoms with E-state index in [0.29, 0.717) is 16.7 Å². The van der Waals surface area contributed by atoms with E-state index in [1.165, 1.54) is 16.2 Å². The third kappa shape index (κ3) is 4.51. The maximum absolute atomic E-state index is 12.9. The molecule has 3 aromatic rings. The molecule has 2 heterocycles. The number of nitrogens with one attached hydrogen (secondary N) is 1. The van der Waals surface area contributed by atoms with Crippen molar-refractivity contribution in [3.05, 3.63) is 51.2 Å². The van der Waals surface area contributed by atoms with Crippen LogP contribution < -0.4 is 9.80 Å². The maximum Gasteiger partial charge on any atom is 0.253 e. The monoisotopic (exact) mass is 406 g/mol. The molecule has 4 nitrogen and oxygen atoms in total. The van der Waals surface area contributed by atoms with Crippen LogP contribution in [0.1, 0.15) is 10.4 Å². The van der Waals surface area contributed by atoms with Crippen LogP contribution in [0.5, 0.6) is 0 Å². The molecule has 0 aliphatic rings. The van der Waals surface area contributed by atoms with Crippen LogP contribution in [0.25, 0.3) is 16.3 Å². The van der Waals surface area contributed by atoms with Crippen molar-refractivity contribution in [1.82, 2.24) is 4.98 Å². The van der Waals surface area contributed by atoms with Gasteiger partial charge >= 0.3 is 0 Å². The van der Waals surface area contributed by atoms with Crippen LogP contribution in [-0.4, -0.2) is 38.1 Å². The van der Waals surface area contributed by atoms with E-state index < -0.39 is 0 Å². The second kappa shape index (κ2) is 8.31. The largest absolute Gasteiger partial charge is 0.338 e. The number of likely N-dealkylation sites (N-methyl/N-ethyl adjacent to an activating group) is 1. The summed E-state index contributed by atoms with van der Waals surface area (Å²) in [4.78, 5) is 21.7. The van der Waals surface area contributed by atoms with Crippen molar-refractivity contribution in [1.29, 1.82) is 0 Å². The number of fused-ring (bicyclic) bond motifs is 1. The van der Waals surface area contributed by atoms with Crippen molar-refractivity contribution in [3.8, 4) is 0 Å². The average Bonchev–Trinajstić information content (AvgIpc) is 3.22. The number of aromatic nitrogens is 1. The summed E-state index contributed by atoms with van der Waals surface area (Å²) in [5.41, 5.74) is 1.93. The fourth-order valence-corrected chi connectivity index (χ4v) is 4.59. The molecule has 7 heteroatoms. The van der Waals surface area contributed by atoms with E-state index in [1.54, 1.807) is 22.3 Å². The van der Waals surface area contributed by atoms with Crippen LogP contribution >= 0.6 is 34.3 Å². The first-order chi connectivity index (χ1) is 12.4. The molecule has 0 spiro atoms. The Morgan fingerprint density at radius 1 is 1.38 bits per heavy atom. The average molecular weight is 407 g/mol. The Labute approximate surface area is 166 Å². The number of nitrogens with zero attached hydrogens (tertiary/aromatic N) is 2. The first kappa shape index (κ1) is 19.0. The molecule has 0 saturated heterocycles. The Morgan fingerprint density at radius 2 is 2.19 bits per heavy atom. The lowest BCUT2D eigenvalue weighted by Gasteiger charge is -2.19. The lowest BCUT2D eigenvalue weighted by molar-refractivity contribution is -0.856. The zero-order valence-corrected chi connectivity index (χ0v) is 17.3. The Balaban J connectivity index is 1.92. The van der Waals surface area contributed by atoms with E-state index >= 15 is 0 Å². The molecule has 0 radical (unpaired) electrons. The standard InChI is InChI=1S/C19H20ClN3OS2/c1-13-11-14(20)12-16-18(13)21-19(26-16)23(9-8-22(2)3)17(24)7-6-15-5-4-10-25-15/h4-7,10-12H,8-9H2,1-3H3/p+1/b7-6+. The van der Waals surface area contributed by atoms with Crippen molar-refractivity contribution in [3.63, 3.8) is 0 Å². The van der Waals surface area contributed by atoms with E-state index in [9.17, 15) is 4.79 Å². The highest BCUT2D eigenvalue weighted by Gasteiger charge is 2.19. The molecular weight excluding hydrogens is 386 g/mol. The van der Waals surface area contributed by atoms with Crippen molar-refractivity contribution in [2.75, 3.05) is 32.1 Å². The third-order valence-electron chi connectivity index (χ3n) is 3.90. The third-order valence-corrected chi connectivity index (χ3v) is 5.99. The molecule has 0 aliphatic heterocycles. The molecule has 3 rings (SSSR count). The quantitative estimate of drug-likeness (QED) is 0.636. The number of thiazole rings is 1. The van der Waals surface area contributed by atoms with Crippen molar-refractivity contribution in [2.45, 2.75) is 6.92 Å². The summed E-state index contributed by atoms with van der Waals surface area (Å²) in [5, 5.41) is 3.41. The summed E-state index contributed by atoms with van der Waals surface area (Å²) in [6.07, 6.45) is 3.49. The molecule has 1 amide bonds. The molecule has 0 atom stereocenters. The second-order valence-corrected chi connectivity index (χ2v) is 8.79. The van der Waals surface area contributed by atoms with Crippen molar-refractivity contribution < 1.29 is 9.69 Å². The Hall–Kier alpha value is -1.73. The number of anilines is 1. The van der Waals surface area contributed by atoms with Gasteiger partial charge in [0, 0.05) is 16.0 Å². The summed E-state index contributed by atoms with van der Waals surface area (Å²) < 4.78 is 1.00. The number of aryl methyl sites for hydroxylation is 1. The van der Waals surface area contributed by atoms with E-state index in [1.807, 2.05) is 42.6 Å². The van der Waals surface area contributed by atoms with Gasteiger partial charge in [-0.2, -0.15) is 0 Å². The van der Waals surface area contributed by atoms with Crippen LogP contribution in [0, 0.1) is 6.92 Å². The van der Waals surface area contributed by atoms with Gasteiger partial charge in [-0.1, -0.05) is 29.0 Å². The smallest absolute Gasteiger partial charge is 0.253 e. The van der Waals surface area contributed by atoms with Crippen LogP contribution in [0.3, 0.4) is 0 Å². The molecule has 0 unspecified atom stereocenters. The van der Waals surface area contributed by atoms with Gasteiger partial charge in [0.05, 0.1) is 37.4 Å². The fourth-order valence-electron chi connectivity index (χ4n) is 2.52. The normalized spacial score (nSPS) is 11.7. The van der Waals surface area contributed by atoms with Crippen LogP contribution in [0.2, 0.25) is 5.02 Å². The van der Waals surface area contributed by atoms with Crippen LogP contribution in [-0.2, 0) is 4.79 Å². The van der Waals surface area contributed by atoms with Gasteiger partial charge in [0.1, 0.15) is 0 Å². The van der Waals surface area contributed by atoms with E-state index in [2.05, 4.69) is 14.1 Å². The van der Waals surface area contributed by atoms with E-state index in [0.717, 1.165) is 27.2 Å². The molecular formula is C19H21ClN3OS2+. The minimum atomic E-state index is -0.0533. The zero-order chi connectivity index (χ0) is 18.7. The number of benzene rings is 1. The van der Waals surface area contributed by atoms with Gasteiger partial charge in [0.25, 0.3) is 5.91 Å². The summed E-state index contributed by atoms with van der Waals surface area (Å²) in [7, 11) is 4.15. The number of carbonyl (C=O) groups excluding carboxylic acids is 1. The Bertz CT molecular complexity index is 932. The van der Waals surface area contributed by atoms with Crippen LogP contribution in [0.15, 0.2) is 35.7 Å². The number of hydrogen-bond donors (Lipinski definition) is 1. The summed E-state index contributed by atoms with van der Waals surface area (Å²) >= 11 is 9.28. The molecule has 0 fully saturated rings. The molecule has 0 aliphatic carbocycles. The minimum absolute atomic E-state index is 0.0533. The topological polar surface area (TPSA) is 37.6 Å². The molecule has 1 N–H and O–H groups in total. The molecule has 26 heavy (non-hydrogen) atoms. The minimum Gasteiger partial charge on any atom is -0.338 e. The lowest BCUT2D eigenvalue weighted by atomic mass is 10.2. The van der Waals surface area contributed by atoms with Gasteiger partial charge in [-0.15, -0.1) is 11.3 Å². The number of hydrogen-bond acceptors (Lipinski definition) is 4. The van der Waals surface area contributed by atoms with E-state index in [4.69, 9.17) is 16.6 Å². The predicted octanol–water partition coefficient (Wildman–Crippen LogP) is 3.51. The Morgan fingerprint density at radius 3 is 2.88 bits per heavy atom. The van der Waals surface area contributed by atoms with Crippen molar-refractivity contribution >= 4 is 61.6 Å². The molecule has 1 aromatic carbocycles. The van der Waals surface area contributed by atoms with Crippen molar-refractivity contribution in [2.24, 2.45) is 0 Å². The molecule has 0 saturated carbocycles. The first-order valence-corrected chi connectivity index (χ1v) is 10.4. The molecule has 2 aromatic heterocycles. The van der Waals surface area contributed by atoms with Gasteiger partial charge in [0.2, 0.25) is 0 Å². The fraction of sp³-hybridized carbons (Fsp3) is 0.263. The van der Waals surface area contributed by atoms with Gasteiger partial charge in [-0.3, -0.25) is 9.69 Å². The number of carbonyl (C=O) groups is 1. The number of halogens is 1. The number of quaternary nitrogens is 1. The maximum atomic E-state index is 12.9. The highest BCUT2D eigenvalue weighted by Crippen LogP contribution is 2.33. The number of thiophene rings is 1. The van der Waals surface area contributed by atoms with Gasteiger partial charge in [0.15, 0.2) is 5.13 Å². The highest BCUT2D eigenvalue weighted by atomic mass is 35.5. The van der Waals surface area contributed by atoms with Gasteiger partial charge in [-0.25, -0.2) is 4.98 Å². The summed E-state index contributed by atoms with van der Waals surface area (Å²) in [6, 6.07) is 7.78. The van der Waals surface area contributed by atoms with Gasteiger partial charge in [-0.05, 0) is 42.1 Å². The lowest BCUT2D eigenvalue weighted by Crippen LogP contribution is -3.06.